The summed E-state index contributed by atoms with van der Waals surface area (Å²) in [7, 11) is 0. The van der Waals surface area contributed by atoms with Crippen molar-refractivity contribution in [3.63, 3.8) is 0 Å². The van der Waals surface area contributed by atoms with Crippen molar-refractivity contribution in [2.45, 2.75) is 13.5 Å². The van der Waals surface area contributed by atoms with Crippen LogP contribution in [0.15, 0.2) is 35.7 Å². The summed E-state index contributed by atoms with van der Waals surface area (Å²) in [6, 6.07) is 6.65. The van der Waals surface area contributed by atoms with Crippen molar-refractivity contribution in [2.24, 2.45) is 0 Å². The molecular formula is C14H13FN2O3S. The number of nitrogens with zero attached hydrogens (tertiary/aromatic N) is 2. The van der Waals surface area contributed by atoms with Crippen LogP contribution in [0.1, 0.15) is 22.2 Å². The summed E-state index contributed by atoms with van der Waals surface area (Å²) in [6.07, 6.45) is 0. The molecule has 0 bridgehead atoms. The van der Waals surface area contributed by atoms with Crippen LogP contribution in [0.3, 0.4) is 0 Å². The second kappa shape index (κ2) is 6.45. The van der Waals surface area contributed by atoms with Gasteiger partial charge in [-0.05, 0) is 30.5 Å². The Kier molecular flexibility index (Phi) is 4.64. The molecule has 1 amide bonds. The molecule has 0 spiro atoms. The molecule has 110 valence electrons. The van der Waals surface area contributed by atoms with Crippen molar-refractivity contribution in [1.82, 2.24) is 4.90 Å². The van der Waals surface area contributed by atoms with Crippen molar-refractivity contribution in [3.8, 4) is 0 Å². The Labute approximate surface area is 124 Å². The molecule has 0 N–H and O–H groups in total. The normalized spacial score (nSPS) is 10.4. The molecule has 21 heavy (non-hydrogen) atoms. The molecular weight excluding hydrogens is 295 g/mol. The summed E-state index contributed by atoms with van der Waals surface area (Å²) in [5.41, 5.74) is -0.607. The van der Waals surface area contributed by atoms with E-state index in [9.17, 15) is 19.3 Å². The first-order valence-corrected chi connectivity index (χ1v) is 7.16. The van der Waals surface area contributed by atoms with E-state index in [4.69, 9.17) is 0 Å². The molecule has 2 aromatic rings. The van der Waals surface area contributed by atoms with Gasteiger partial charge in [-0.2, -0.15) is 0 Å². The third kappa shape index (κ3) is 3.43. The predicted molar refractivity (Wildman–Crippen MR) is 77.8 cm³/mol. The quantitative estimate of drug-likeness (QED) is 0.627. The molecule has 0 saturated carbocycles. The lowest BCUT2D eigenvalue weighted by atomic mass is 10.1. The number of rotatable bonds is 5. The minimum absolute atomic E-state index is 0.224. The van der Waals surface area contributed by atoms with E-state index in [-0.39, 0.29) is 11.3 Å². The van der Waals surface area contributed by atoms with Gasteiger partial charge in [-0.3, -0.25) is 14.9 Å². The molecule has 0 aliphatic rings. The SMILES string of the molecule is CCN(Cc1cccs1)C(=O)c1cc(F)ccc1[N+](=O)[O-]. The highest BCUT2D eigenvalue weighted by atomic mass is 32.1. The summed E-state index contributed by atoms with van der Waals surface area (Å²) < 4.78 is 13.3. The molecule has 0 aliphatic carbocycles. The molecule has 0 atom stereocenters. The zero-order valence-electron chi connectivity index (χ0n) is 11.3. The molecule has 1 heterocycles. The first-order chi connectivity index (χ1) is 10.0. The number of hydrogen-bond acceptors (Lipinski definition) is 4. The first-order valence-electron chi connectivity index (χ1n) is 6.28. The molecule has 0 fully saturated rings. The van der Waals surface area contributed by atoms with Gasteiger partial charge in [0.2, 0.25) is 0 Å². The lowest BCUT2D eigenvalue weighted by Gasteiger charge is -2.20. The van der Waals surface area contributed by atoms with Crippen LogP contribution in [-0.4, -0.2) is 22.3 Å². The number of halogens is 1. The van der Waals surface area contributed by atoms with Crippen molar-refractivity contribution < 1.29 is 14.1 Å². The minimum Gasteiger partial charge on any atom is -0.334 e. The Balaban J connectivity index is 2.33. The van der Waals surface area contributed by atoms with Crippen LogP contribution < -0.4 is 0 Å². The highest BCUT2D eigenvalue weighted by molar-refractivity contribution is 7.09. The van der Waals surface area contributed by atoms with Crippen LogP contribution >= 0.6 is 11.3 Å². The Morgan fingerprint density at radius 3 is 2.76 bits per heavy atom. The number of amides is 1. The number of nitro benzene ring substituents is 1. The third-order valence-corrected chi connectivity index (χ3v) is 3.84. The highest BCUT2D eigenvalue weighted by Crippen LogP contribution is 2.22. The standard InChI is InChI=1S/C14H13FN2O3S/c1-2-16(9-11-4-3-7-21-11)14(18)12-8-10(15)5-6-13(12)17(19)20/h3-8H,2,9H2,1H3. The summed E-state index contributed by atoms with van der Waals surface area (Å²) in [5, 5.41) is 12.9. The zero-order chi connectivity index (χ0) is 15.4. The average Bonchev–Trinajstić information content (AvgIpc) is 2.96. The van der Waals surface area contributed by atoms with Crippen molar-refractivity contribution >= 4 is 22.9 Å². The molecule has 0 radical (unpaired) electrons. The van der Waals surface area contributed by atoms with Gasteiger partial charge >= 0.3 is 0 Å². The second-order valence-corrected chi connectivity index (χ2v) is 5.35. The molecule has 0 aliphatic heterocycles. The van der Waals surface area contributed by atoms with Crippen LogP contribution in [0.5, 0.6) is 0 Å². The van der Waals surface area contributed by atoms with Gasteiger partial charge in [-0.1, -0.05) is 6.07 Å². The molecule has 0 unspecified atom stereocenters. The number of benzene rings is 1. The minimum atomic E-state index is -0.675. The summed E-state index contributed by atoms with van der Waals surface area (Å²) in [5.74, 6) is -1.21. The Morgan fingerprint density at radius 1 is 1.43 bits per heavy atom. The van der Waals surface area contributed by atoms with Crippen LogP contribution in [0.25, 0.3) is 0 Å². The van der Waals surface area contributed by atoms with Gasteiger partial charge in [0.1, 0.15) is 11.4 Å². The van der Waals surface area contributed by atoms with E-state index in [1.165, 1.54) is 16.2 Å². The van der Waals surface area contributed by atoms with E-state index in [1.54, 1.807) is 6.92 Å². The maximum Gasteiger partial charge on any atom is 0.282 e. The number of thiophene rings is 1. The van der Waals surface area contributed by atoms with Crippen LogP contribution in [0.4, 0.5) is 10.1 Å². The second-order valence-electron chi connectivity index (χ2n) is 4.32. The number of hydrogen-bond donors (Lipinski definition) is 0. The van der Waals surface area contributed by atoms with Crippen molar-refractivity contribution in [1.29, 1.82) is 0 Å². The van der Waals surface area contributed by atoms with E-state index < -0.39 is 16.6 Å². The van der Waals surface area contributed by atoms with Gasteiger partial charge in [-0.15, -0.1) is 11.3 Å². The van der Waals surface area contributed by atoms with Gasteiger partial charge in [-0.25, -0.2) is 4.39 Å². The number of nitro groups is 1. The van der Waals surface area contributed by atoms with E-state index in [2.05, 4.69) is 0 Å². The smallest absolute Gasteiger partial charge is 0.282 e. The average molecular weight is 308 g/mol. The fourth-order valence-corrected chi connectivity index (χ4v) is 2.65. The lowest BCUT2D eigenvalue weighted by molar-refractivity contribution is -0.385. The van der Waals surface area contributed by atoms with E-state index in [1.807, 2.05) is 17.5 Å². The number of carbonyl (C=O) groups is 1. The molecule has 1 aromatic carbocycles. The van der Waals surface area contributed by atoms with Crippen LogP contribution in [-0.2, 0) is 6.54 Å². The molecule has 0 saturated heterocycles. The topological polar surface area (TPSA) is 63.5 Å². The first kappa shape index (κ1) is 15.1. The summed E-state index contributed by atoms with van der Waals surface area (Å²) in [6.45, 7) is 2.50. The molecule has 5 nitrogen and oxygen atoms in total. The van der Waals surface area contributed by atoms with Gasteiger partial charge in [0.15, 0.2) is 0 Å². The van der Waals surface area contributed by atoms with E-state index in [0.717, 1.165) is 23.1 Å². The highest BCUT2D eigenvalue weighted by Gasteiger charge is 2.25. The van der Waals surface area contributed by atoms with Crippen LogP contribution in [0, 0.1) is 15.9 Å². The fourth-order valence-electron chi connectivity index (χ4n) is 1.93. The molecule has 2 rings (SSSR count). The zero-order valence-corrected chi connectivity index (χ0v) is 12.1. The fraction of sp³-hybridized carbons (Fsp3) is 0.214. The Hall–Kier alpha value is -2.28. The van der Waals surface area contributed by atoms with Gasteiger partial charge < -0.3 is 4.90 Å². The number of carbonyl (C=O) groups excluding carboxylic acids is 1. The predicted octanol–water partition coefficient (Wildman–Crippen LogP) is 3.46. The van der Waals surface area contributed by atoms with Crippen LogP contribution in [0.2, 0.25) is 0 Å². The lowest BCUT2D eigenvalue weighted by Crippen LogP contribution is -2.30. The molecule has 7 heteroatoms. The maximum atomic E-state index is 13.3. The van der Waals surface area contributed by atoms with Crippen molar-refractivity contribution in [2.75, 3.05) is 6.54 Å². The van der Waals surface area contributed by atoms with E-state index in [0.29, 0.717) is 13.1 Å². The van der Waals surface area contributed by atoms with Gasteiger partial charge in [0.25, 0.3) is 11.6 Å². The molecule has 1 aromatic heterocycles. The van der Waals surface area contributed by atoms with E-state index >= 15 is 0 Å². The third-order valence-electron chi connectivity index (χ3n) is 2.98. The van der Waals surface area contributed by atoms with Gasteiger partial charge in [0.05, 0.1) is 11.5 Å². The largest absolute Gasteiger partial charge is 0.334 e. The Bertz CT molecular complexity index is 658. The summed E-state index contributed by atoms with van der Waals surface area (Å²) in [4.78, 5) is 25.2. The van der Waals surface area contributed by atoms with Gasteiger partial charge in [0, 0.05) is 17.5 Å². The van der Waals surface area contributed by atoms with Crippen molar-refractivity contribution in [3.05, 3.63) is 62.1 Å². The monoisotopic (exact) mass is 308 g/mol. The Morgan fingerprint density at radius 2 is 2.19 bits per heavy atom. The maximum absolute atomic E-state index is 13.3. The summed E-state index contributed by atoms with van der Waals surface area (Å²) >= 11 is 1.49.